The maximum atomic E-state index is 8.65. The van der Waals surface area contributed by atoms with E-state index in [1.807, 2.05) is 13.0 Å². The number of rotatable bonds is 0. The molecular formula is C9H8Cl2N2. The van der Waals surface area contributed by atoms with Gasteiger partial charge in [0, 0.05) is 11.2 Å². The average Bonchev–Trinajstić information content (AvgIpc) is 2.13. The normalized spacial score (nSPS) is 27.2. The van der Waals surface area contributed by atoms with Crippen molar-refractivity contribution in [2.45, 2.75) is 13.3 Å². The molecule has 13 heavy (non-hydrogen) atoms. The van der Waals surface area contributed by atoms with Gasteiger partial charge in [-0.1, -0.05) is 36.2 Å². The van der Waals surface area contributed by atoms with E-state index in [0.717, 1.165) is 6.42 Å². The molecule has 0 aliphatic carbocycles. The van der Waals surface area contributed by atoms with Gasteiger partial charge in [0.1, 0.15) is 6.07 Å². The summed E-state index contributed by atoms with van der Waals surface area (Å²) in [5.41, 5.74) is 0.215. The molecule has 0 saturated heterocycles. The van der Waals surface area contributed by atoms with Crippen molar-refractivity contribution in [2.24, 2.45) is 10.9 Å². The minimum atomic E-state index is 0.208. The van der Waals surface area contributed by atoms with Crippen molar-refractivity contribution in [2.75, 3.05) is 0 Å². The van der Waals surface area contributed by atoms with Gasteiger partial charge in [-0.05, 0) is 12.3 Å². The van der Waals surface area contributed by atoms with Gasteiger partial charge in [0.25, 0.3) is 0 Å². The summed E-state index contributed by atoms with van der Waals surface area (Å²) < 4.78 is 0. The molecule has 1 rings (SSSR count). The fourth-order valence-corrected chi connectivity index (χ4v) is 1.20. The molecule has 1 atom stereocenters. The van der Waals surface area contributed by atoms with Crippen LogP contribution in [0, 0.1) is 17.2 Å². The molecule has 0 aromatic heterocycles. The third-order valence-electron chi connectivity index (χ3n) is 1.77. The minimum Gasteiger partial charge on any atom is -0.243 e. The van der Waals surface area contributed by atoms with Gasteiger partial charge in [0.2, 0.25) is 0 Å². The Bertz CT molecular complexity index is 334. The molecule has 0 N–H and O–H groups in total. The Morgan fingerprint density at radius 3 is 2.92 bits per heavy atom. The summed E-state index contributed by atoms with van der Waals surface area (Å²) in [6, 6.07) is 1.90. The van der Waals surface area contributed by atoms with E-state index in [9.17, 15) is 0 Å². The van der Waals surface area contributed by atoms with E-state index >= 15 is 0 Å². The molecule has 0 radical (unpaired) electrons. The van der Waals surface area contributed by atoms with Crippen LogP contribution in [-0.2, 0) is 0 Å². The number of hydrogen-bond acceptors (Lipinski definition) is 2. The number of halogens is 2. The zero-order chi connectivity index (χ0) is 9.84. The van der Waals surface area contributed by atoms with Gasteiger partial charge in [0.05, 0.1) is 5.03 Å². The summed E-state index contributed by atoms with van der Waals surface area (Å²) in [4.78, 5) is 3.88. The molecule has 0 amide bonds. The van der Waals surface area contributed by atoms with Gasteiger partial charge in [-0.15, -0.1) is 0 Å². The fraction of sp³-hybridized carbons (Fsp3) is 0.333. The molecule has 1 unspecified atom stereocenters. The Balaban J connectivity index is 3.06. The van der Waals surface area contributed by atoms with Crippen molar-refractivity contribution in [1.82, 2.24) is 0 Å². The van der Waals surface area contributed by atoms with E-state index in [2.05, 4.69) is 4.99 Å². The van der Waals surface area contributed by atoms with Crippen molar-refractivity contribution < 1.29 is 0 Å². The smallest absolute Gasteiger partial charge is 0.158 e. The second kappa shape index (κ2) is 4.45. The first-order valence-corrected chi connectivity index (χ1v) is 4.60. The van der Waals surface area contributed by atoms with E-state index in [0.29, 0.717) is 10.1 Å². The number of hydrogen-bond donors (Lipinski definition) is 0. The number of allylic oxidation sites excluding steroid dienone is 3. The summed E-state index contributed by atoms with van der Waals surface area (Å²) >= 11 is 11.7. The van der Waals surface area contributed by atoms with E-state index in [4.69, 9.17) is 28.5 Å². The summed E-state index contributed by atoms with van der Waals surface area (Å²) in [5.74, 6) is 0.208. The van der Waals surface area contributed by atoms with Gasteiger partial charge in [-0.25, -0.2) is 4.99 Å². The van der Waals surface area contributed by atoms with Crippen LogP contribution >= 0.6 is 23.2 Å². The zero-order valence-electron chi connectivity index (χ0n) is 7.09. The highest BCUT2D eigenvalue weighted by Crippen LogP contribution is 2.23. The largest absolute Gasteiger partial charge is 0.243 e. The molecular weight excluding hydrogens is 207 g/mol. The molecule has 0 saturated carbocycles. The van der Waals surface area contributed by atoms with E-state index in [-0.39, 0.29) is 11.6 Å². The fourth-order valence-electron chi connectivity index (χ4n) is 0.887. The van der Waals surface area contributed by atoms with Crippen LogP contribution in [-0.4, -0.2) is 5.71 Å². The van der Waals surface area contributed by atoms with Crippen LogP contribution in [0.3, 0.4) is 0 Å². The molecule has 68 valence electrons. The Morgan fingerprint density at radius 2 is 2.31 bits per heavy atom. The number of nitriles is 1. The molecule has 0 aromatic carbocycles. The van der Waals surface area contributed by atoms with Gasteiger partial charge < -0.3 is 0 Å². The highest BCUT2D eigenvalue weighted by atomic mass is 35.5. The minimum absolute atomic E-state index is 0.208. The van der Waals surface area contributed by atoms with Crippen molar-refractivity contribution in [3.63, 3.8) is 0 Å². The standard InChI is InChI=1S/C9H8Cl2N2/c1-6-2-3-7(10)9(4-12)13-5-8(6)11/h3,5-6H,2H2,1H3/b7-3-,8-5?,13-9?. The maximum Gasteiger partial charge on any atom is 0.158 e. The predicted molar refractivity (Wildman–Crippen MR) is 54.7 cm³/mol. The van der Waals surface area contributed by atoms with Crippen LogP contribution in [0.2, 0.25) is 0 Å². The summed E-state index contributed by atoms with van der Waals surface area (Å²) in [5, 5.41) is 9.70. The molecule has 1 heterocycles. The predicted octanol–water partition coefficient (Wildman–Crippen LogP) is 3.19. The highest BCUT2D eigenvalue weighted by Gasteiger charge is 2.10. The molecule has 2 nitrogen and oxygen atoms in total. The zero-order valence-corrected chi connectivity index (χ0v) is 8.60. The maximum absolute atomic E-state index is 8.65. The van der Waals surface area contributed by atoms with Crippen LogP contribution in [0.4, 0.5) is 0 Å². The third-order valence-corrected chi connectivity index (χ3v) is 2.57. The Kier molecular flexibility index (Phi) is 3.53. The summed E-state index contributed by atoms with van der Waals surface area (Å²) in [6.07, 6.45) is 3.98. The molecule has 1 aliphatic heterocycles. The molecule has 0 fully saturated rings. The SMILES string of the molecule is CC1C/C=C(\Cl)C(C#N)=NC=C1Cl. The van der Waals surface area contributed by atoms with Crippen LogP contribution in [0.5, 0.6) is 0 Å². The van der Waals surface area contributed by atoms with Crippen LogP contribution in [0.1, 0.15) is 13.3 Å². The lowest BCUT2D eigenvalue weighted by molar-refractivity contribution is 0.726. The van der Waals surface area contributed by atoms with Crippen molar-refractivity contribution in [1.29, 1.82) is 5.26 Å². The highest BCUT2D eigenvalue weighted by molar-refractivity contribution is 6.46. The van der Waals surface area contributed by atoms with Crippen molar-refractivity contribution >= 4 is 28.9 Å². The first-order valence-electron chi connectivity index (χ1n) is 3.84. The van der Waals surface area contributed by atoms with E-state index < -0.39 is 0 Å². The molecule has 0 aromatic rings. The molecule has 1 aliphatic rings. The van der Waals surface area contributed by atoms with Crippen LogP contribution in [0.25, 0.3) is 0 Å². The average molecular weight is 215 g/mol. The van der Waals surface area contributed by atoms with Gasteiger partial charge in [-0.3, -0.25) is 0 Å². The van der Waals surface area contributed by atoms with Crippen molar-refractivity contribution in [3.8, 4) is 6.07 Å². The van der Waals surface area contributed by atoms with Gasteiger partial charge in [-0.2, -0.15) is 5.26 Å². The van der Waals surface area contributed by atoms with Crippen molar-refractivity contribution in [3.05, 3.63) is 22.3 Å². The second-order valence-electron chi connectivity index (χ2n) is 2.79. The topological polar surface area (TPSA) is 36.1 Å². The number of nitrogens with zero attached hydrogens (tertiary/aromatic N) is 2. The first kappa shape index (κ1) is 10.3. The Morgan fingerprint density at radius 1 is 1.62 bits per heavy atom. The molecule has 0 spiro atoms. The quantitative estimate of drug-likeness (QED) is 0.611. The lowest BCUT2D eigenvalue weighted by Gasteiger charge is -2.08. The first-order chi connectivity index (χ1) is 6.15. The van der Waals surface area contributed by atoms with E-state index in [1.54, 1.807) is 6.08 Å². The molecule has 0 bridgehead atoms. The van der Waals surface area contributed by atoms with Gasteiger partial charge in [0.15, 0.2) is 5.71 Å². The summed E-state index contributed by atoms with van der Waals surface area (Å²) in [6.45, 7) is 1.98. The monoisotopic (exact) mass is 214 g/mol. The third kappa shape index (κ3) is 2.58. The summed E-state index contributed by atoms with van der Waals surface area (Å²) in [7, 11) is 0. The Labute approximate surface area is 87.2 Å². The van der Waals surface area contributed by atoms with Gasteiger partial charge >= 0.3 is 0 Å². The van der Waals surface area contributed by atoms with E-state index in [1.165, 1.54) is 6.20 Å². The lowest BCUT2D eigenvalue weighted by Crippen LogP contribution is -2.00. The van der Waals surface area contributed by atoms with Crippen LogP contribution < -0.4 is 0 Å². The second-order valence-corrected chi connectivity index (χ2v) is 3.64. The molecule has 4 heteroatoms. The van der Waals surface area contributed by atoms with Crippen LogP contribution in [0.15, 0.2) is 27.3 Å². The Hall–Kier alpha value is -0.780. The number of aliphatic imine (C=N–C) groups is 1. The lowest BCUT2D eigenvalue weighted by atomic mass is 10.1.